The molecule has 4 rings (SSSR count). The summed E-state index contributed by atoms with van der Waals surface area (Å²) < 4.78 is 0. The fourth-order valence-corrected chi connectivity index (χ4v) is 3.74. The molecule has 5 heteroatoms. The minimum absolute atomic E-state index is 0.0975. The van der Waals surface area contributed by atoms with Crippen molar-refractivity contribution < 1.29 is 4.79 Å². The number of carbonyl (C=O) groups excluding carboxylic acids is 1. The molecule has 0 radical (unpaired) electrons. The number of rotatable bonds is 5. The highest BCUT2D eigenvalue weighted by Crippen LogP contribution is 2.25. The van der Waals surface area contributed by atoms with Gasteiger partial charge in [-0.05, 0) is 42.8 Å². The molecule has 0 saturated carbocycles. The fourth-order valence-electron chi connectivity index (χ4n) is 2.85. The summed E-state index contributed by atoms with van der Waals surface area (Å²) in [7, 11) is 0. The van der Waals surface area contributed by atoms with E-state index >= 15 is 0 Å². The van der Waals surface area contributed by atoms with Gasteiger partial charge in [0.25, 0.3) is 5.91 Å². The molecule has 0 atom stereocenters. The van der Waals surface area contributed by atoms with Gasteiger partial charge in [0.2, 0.25) is 0 Å². The van der Waals surface area contributed by atoms with Crippen molar-refractivity contribution in [2.75, 3.05) is 5.32 Å². The number of thioether (sulfide) groups is 1. The van der Waals surface area contributed by atoms with Crippen LogP contribution < -0.4 is 5.32 Å². The van der Waals surface area contributed by atoms with Crippen LogP contribution in [0.1, 0.15) is 21.5 Å². The second-order valence-electron chi connectivity index (χ2n) is 6.33. The van der Waals surface area contributed by atoms with E-state index < -0.39 is 0 Å². The van der Waals surface area contributed by atoms with Crippen molar-refractivity contribution in [3.8, 4) is 0 Å². The minimum Gasteiger partial charge on any atom is -0.333 e. The lowest BCUT2D eigenvalue weighted by molar-refractivity contribution is 0.102. The first-order chi connectivity index (χ1) is 13.2. The molecule has 2 N–H and O–H groups in total. The number of para-hydroxylation sites is 2. The number of amides is 1. The van der Waals surface area contributed by atoms with Gasteiger partial charge in [-0.25, -0.2) is 4.98 Å². The second-order valence-corrected chi connectivity index (χ2v) is 7.29. The van der Waals surface area contributed by atoms with Crippen LogP contribution in [0.15, 0.2) is 78.0 Å². The summed E-state index contributed by atoms with van der Waals surface area (Å²) in [5.74, 6) is 0.566. The largest absolute Gasteiger partial charge is 0.333 e. The lowest BCUT2D eigenvalue weighted by atomic mass is 10.1. The number of anilines is 1. The molecule has 0 aliphatic rings. The molecule has 134 valence electrons. The zero-order valence-electron chi connectivity index (χ0n) is 14.9. The highest BCUT2D eigenvalue weighted by Gasteiger charge is 2.12. The lowest BCUT2D eigenvalue weighted by Gasteiger charge is -2.10. The topological polar surface area (TPSA) is 57.8 Å². The van der Waals surface area contributed by atoms with Crippen molar-refractivity contribution >= 4 is 34.4 Å². The van der Waals surface area contributed by atoms with E-state index in [-0.39, 0.29) is 5.91 Å². The Kier molecular flexibility index (Phi) is 4.94. The van der Waals surface area contributed by atoms with Crippen molar-refractivity contribution in [2.45, 2.75) is 17.8 Å². The van der Waals surface area contributed by atoms with Gasteiger partial charge in [0.1, 0.15) is 0 Å². The molecule has 0 fully saturated rings. The van der Waals surface area contributed by atoms with Gasteiger partial charge in [0.05, 0.1) is 11.0 Å². The molecule has 0 bridgehead atoms. The van der Waals surface area contributed by atoms with E-state index in [1.165, 1.54) is 0 Å². The van der Waals surface area contributed by atoms with Gasteiger partial charge >= 0.3 is 0 Å². The Balaban J connectivity index is 1.50. The molecule has 0 unspecified atom stereocenters. The Bertz CT molecular complexity index is 1050. The van der Waals surface area contributed by atoms with E-state index in [0.717, 1.165) is 33.0 Å². The number of benzene rings is 3. The molecule has 3 aromatic carbocycles. The lowest BCUT2D eigenvalue weighted by Crippen LogP contribution is -2.14. The van der Waals surface area contributed by atoms with Crippen LogP contribution >= 0.6 is 11.8 Å². The quantitative estimate of drug-likeness (QED) is 0.460. The summed E-state index contributed by atoms with van der Waals surface area (Å²) in [4.78, 5) is 20.6. The van der Waals surface area contributed by atoms with E-state index in [1.807, 2.05) is 79.7 Å². The molecule has 0 aliphatic heterocycles. The Morgan fingerprint density at radius 1 is 1.00 bits per heavy atom. The summed E-state index contributed by atoms with van der Waals surface area (Å²) in [6.07, 6.45) is 0. The number of nitrogens with one attached hydrogen (secondary N) is 2. The molecule has 1 aromatic heterocycles. The highest BCUT2D eigenvalue weighted by molar-refractivity contribution is 7.98. The van der Waals surface area contributed by atoms with Crippen LogP contribution in [-0.4, -0.2) is 15.9 Å². The van der Waals surface area contributed by atoms with E-state index in [2.05, 4.69) is 15.3 Å². The highest BCUT2D eigenvalue weighted by atomic mass is 32.2. The Labute approximate surface area is 162 Å². The Hall–Kier alpha value is -3.05. The maximum Gasteiger partial charge on any atom is 0.255 e. The Morgan fingerprint density at radius 2 is 1.74 bits per heavy atom. The van der Waals surface area contributed by atoms with Crippen molar-refractivity contribution in [1.29, 1.82) is 0 Å². The zero-order chi connectivity index (χ0) is 18.6. The van der Waals surface area contributed by atoms with Crippen LogP contribution in [0, 0.1) is 6.92 Å². The van der Waals surface area contributed by atoms with Gasteiger partial charge < -0.3 is 10.3 Å². The van der Waals surface area contributed by atoms with Crippen molar-refractivity contribution in [3.63, 3.8) is 0 Å². The number of hydrogen-bond donors (Lipinski definition) is 2. The second kappa shape index (κ2) is 7.68. The van der Waals surface area contributed by atoms with Crippen LogP contribution in [-0.2, 0) is 5.75 Å². The number of carbonyl (C=O) groups is 1. The first-order valence-electron chi connectivity index (χ1n) is 8.72. The number of imidazole rings is 1. The van der Waals surface area contributed by atoms with Gasteiger partial charge in [-0.2, -0.15) is 0 Å². The molecular formula is C22H19N3OS. The van der Waals surface area contributed by atoms with Crippen LogP contribution in [0.25, 0.3) is 11.0 Å². The SMILES string of the molecule is Cc1ccc(NC(=O)c2ccccc2CSc2nc3ccccc3[nH]2)cc1. The summed E-state index contributed by atoms with van der Waals surface area (Å²) in [5.41, 5.74) is 5.59. The van der Waals surface area contributed by atoms with Crippen LogP contribution in [0.2, 0.25) is 0 Å². The van der Waals surface area contributed by atoms with Crippen LogP contribution in [0.5, 0.6) is 0 Å². The Morgan fingerprint density at radius 3 is 2.56 bits per heavy atom. The maximum atomic E-state index is 12.7. The maximum absolute atomic E-state index is 12.7. The average Bonchev–Trinajstić information content (AvgIpc) is 3.11. The predicted octanol–water partition coefficient (Wildman–Crippen LogP) is 5.42. The molecular weight excluding hydrogens is 354 g/mol. The van der Waals surface area contributed by atoms with Gasteiger partial charge in [-0.3, -0.25) is 4.79 Å². The van der Waals surface area contributed by atoms with E-state index in [9.17, 15) is 4.79 Å². The smallest absolute Gasteiger partial charge is 0.255 e. The summed E-state index contributed by atoms with van der Waals surface area (Å²) in [6, 6.07) is 23.4. The van der Waals surface area contributed by atoms with E-state index in [4.69, 9.17) is 0 Å². The first-order valence-corrected chi connectivity index (χ1v) is 9.71. The summed E-state index contributed by atoms with van der Waals surface area (Å²) in [5, 5.41) is 3.83. The molecule has 0 saturated heterocycles. The molecule has 27 heavy (non-hydrogen) atoms. The molecule has 4 nitrogen and oxygen atoms in total. The molecule has 0 spiro atoms. The van der Waals surface area contributed by atoms with Gasteiger partial charge in [0, 0.05) is 17.0 Å². The van der Waals surface area contributed by atoms with Gasteiger partial charge in [0.15, 0.2) is 5.16 Å². The number of aromatic nitrogens is 2. The monoisotopic (exact) mass is 373 g/mol. The van der Waals surface area contributed by atoms with Crippen LogP contribution in [0.4, 0.5) is 5.69 Å². The molecule has 0 aliphatic carbocycles. The van der Waals surface area contributed by atoms with E-state index in [0.29, 0.717) is 11.3 Å². The van der Waals surface area contributed by atoms with Gasteiger partial charge in [-0.15, -0.1) is 0 Å². The third-order valence-corrected chi connectivity index (χ3v) is 5.23. The predicted molar refractivity (Wildman–Crippen MR) is 111 cm³/mol. The van der Waals surface area contributed by atoms with Crippen molar-refractivity contribution in [1.82, 2.24) is 9.97 Å². The number of H-pyrrole nitrogens is 1. The third kappa shape index (κ3) is 4.04. The van der Waals surface area contributed by atoms with E-state index in [1.54, 1.807) is 11.8 Å². The molecule has 4 aromatic rings. The first kappa shape index (κ1) is 17.4. The number of nitrogens with zero attached hydrogens (tertiary/aromatic N) is 1. The number of aryl methyl sites for hydroxylation is 1. The van der Waals surface area contributed by atoms with Crippen molar-refractivity contribution in [3.05, 3.63) is 89.5 Å². The third-order valence-electron chi connectivity index (χ3n) is 4.30. The number of hydrogen-bond acceptors (Lipinski definition) is 3. The van der Waals surface area contributed by atoms with Gasteiger partial charge in [-0.1, -0.05) is 59.8 Å². The minimum atomic E-state index is -0.0975. The number of aromatic amines is 1. The average molecular weight is 373 g/mol. The fraction of sp³-hybridized carbons (Fsp3) is 0.0909. The standard InChI is InChI=1S/C22H19N3OS/c1-15-10-12-17(13-11-15)23-21(26)18-7-3-2-6-16(18)14-27-22-24-19-8-4-5-9-20(19)25-22/h2-13H,14H2,1H3,(H,23,26)(H,24,25). The molecule has 1 amide bonds. The van der Waals surface area contributed by atoms with Crippen molar-refractivity contribution in [2.24, 2.45) is 0 Å². The summed E-state index contributed by atoms with van der Waals surface area (Å²) in [6.45, 7) is 2.02. The zero-order valence-corrected chi connectivity index (χ0v) is 15.7. The van der Waals surface area contributed by atoms with Crippen LogP contribution in [0.3, 0.4) is 0 Å². The molecule has 1 heterocycles. The normalized spacial score (nSPS) is 10.9. The summed E-state index contributed by atoms with van der Waals surface area (Å²) >= 11 is 1.59. The number of fused-ring (bicyclic) bond motifs is 1.